The molecule has 0 fully saturated rings. The zero-order valence-corrected chi connectivity index (χ0v) is 12.8. The van der Waals surface area contributed by atoms with Crippen molar-refractivity contribution in [2.24, 2.45) is 0 Å². The first kappa shape index (κ1) is 15.2. The monoisotopic (exact) mass is 309 g/mol. The number of carbonyl (C=O) groups excluding carboxylic acids is 1. The van der Waals surface area contributed by atoms with Gasteiger partial charge in [-0.15, -0.1) is 11.3 Å². The molecule has 0 bridgehead atoms. The highest BCUT2D eigenvalue weighted by Gasteiger charge is 2.18. The van der Waals surface area contributed by atoms with E-state index in [1.165, 1.54) is 29.5 Å². The molecule has 1 amide bonds. The van der Waals surface area contributed by atoms with Crippen LogP contribution >= 0.6 is 11.3 Å². The van der Waals surface area contributed by atoms with Crippen molar-refractivity contribution in [2.45, 2.75) is 26.4 Å². The van der Waals surface area contributed by atoms with Gasteiger partial charge in [-0.3, -0.25) is 5.32 Å². The Labute approximate surface area is 126 Å². The highest BCUT2D eigenvalue weighted by Crippen LogP contribution is 2.30. The lowest BCUT2D eigenvalue weighted by Crippen LogP contribution is -2.27. The van der Waals surface area contributed by atoms with Crippen molar-refractivity contribution in [3.8, 4) is 11.3 Å². The van der Waals surface area contributed by atoms with Crippen molar-refractivity contribution in [3.05, 3.63) is 29.4 Å². The molecule has 0 aliphatic rings. The maximum absolute atomic E-state index is 13.4. The normalized spacial score (nSPS) is 11.2. The van der Waals surface area contributed by atoms with Crippen LogP contribution in [0.2, 0.25) is 0 Å². The Kier molecular flexibility index (Phi) is 4.13. The Morgan fingerprint density at radius 2 is 2.14 bits per heavy atom. The van der Waals surface area contributed by atoms with E-state index >= 15 is 0 Å². The second kappa shape index (κ2) is 5.69. The van der Waals surface area contributed by atoms with Crippen molar-refractivity contribution in [3.63, 3.8) is 0 Å². The summed E-state index contributed by atoms with van der Waals surface area (Å²) in [5.74, 6) is -0.425. The van der Waals surface area contributed by atoms with Gasteiger partial charge in [0.15, 0.2) is 5.13 Å². The average Bonchev–Trinajstić information content (AvgIpc) is 2.75. The Morgan fingerprint density at radius 1 is 1.43 bits per heavy atom. The van der Waals surface area contributed by atoms with Crippen LogP contribution in [0.3, 0.4) is 0 Å². The van der Waals surface area contributed by atoms with E-state index in [9.17, 15) is 9.18 Å². The molecular formula is C14H16FN3O2S. The minimum Gasteiger partial charge on any atom is -0.444 e. The molecule has 1 aromatic carbocycles. The molecule has 0 spiro atoms. The Balaban J connectivity index is 2.30. The van der Waals surface area contributed by atoms with E-state index in [0.29, 0.717) is 22.1 Å². The maximum atomic E-state index is 13.4. The topological polar surface area (TPSA) is 77.2 Å². The average molecular weight is 309 g/mol. The van der Waals surface area contributed by atoms with E-state index in [1.54, 1.807) is 26.2 Å². The zero-order chi connectivity index (χ0) is 15.6. The van der Waals surface area contributed by atoms with Crippen molar-refractivity contribution in [2.75, 3.05) is 11.1 Å². The fourth-order valence-corrected chi connectivity index (χ4v) is 2.23. The molecule has 3 N–H and O–H groups in total. The fraction of sp³-hybridized carbons (Fsp3) is 0.286. The molecule has 0 aliphatic heterocycles. The van der Waals surface area contributed by atoms with E-state index in [1.807, 2.05) is 0 Å². The molecule has 112 valence electrons. The number of nitrogen functional groups attached to an aromatic ring is 1. The van der Waals surface area contributed by atoms with Gasteiger partial charge in [0.05, 0.1) is 11.4 Å². The summed E-state index contributed by atoms with van der Waals surface area (Å²) in [5, 5.41) is 4.67. The van der Waals surface area contributed by atoms with E-state index in [-0.39, 0.29) is 0 Å². The van der Waals surface area contributed by atoms with Crippen LogP contribution in [-0.2, 0) is 4.74 Å². The number of rotatable bonds is 2. The number of halogens is 1. The number of benzene rings is 1. The Hall–Kier alpha value is -2.15. The molecule has 7 heteroatoms. The number of aromatic nitrogens is 1. The standard InChI is InChI=1S/C14H16FN3O2S/c1-14(2,3)20-13(19)18-10-5-4-8(15)6-9(10)11-7-21-12(16)17-11/h4-7H,1-3H3,(H2,16,17)(H,18,19). The lowest BCUT2D eigenvalue weighted by molar-refractivity contribution is 0.0636. The van der Waals surface area contributed by atoms with Crippen LogP contribution in [0, 0.1) is 5.82 Å². The maximum Gasteiger partial charge on any atom is 0.412 e. The van der Waals surface area contributed by atoms with Gasteiger partial charge in [0.25, 0.3) is 0 Å². The number of carbonyl (C=O) groups is 1. The minimum atomic E-state index is -0.616. The van der Waals surface area contributed by atoms with Crippen LogP contribution < -0.4 is 11.1 Å². The lowest BCUT2D eigenvalue weighted by Gasteiger charge is -2.20. The third kappa shape index (κ3) is 4.16. The van der Waals surface area contributed by atoms with E-state index in [2.05, 4.69) is 10.3 Å². The lowest BCUT2D eigenvalue weighted by atomic mass is 10.1. The summed E-state index contributed by atoms with van der Waals surface area (Å²) in [4.78, 5) is 15.9. The Morgan fingerprint density at radius 3 is 2.71 bits per heavy atom. The predicted octanol–water partition coefficient (Wildman–Crippen LogP) is 3.88. The minimum absolute atomic E-state index is 0.373. The molecule has 0 atom stereocenters. The van der Waals surface area contributed by atoms with Crippen LogP contribution in [0.4, 0.5) is 20.0 Å². The Bertz CT molecular complexity index is 664. The molecule has 1 heterocycles. The quantitative estimate of drug-likeness (QED) is 0.882. The highest BCUT2D eigenvalue weighted by atomic mass is 32.1. The third-order valence-corrected chi connectivity index (χ3v) is 3.09. The number of hydrogen-bond donors (Lipinski definition) is 2. The van der Waals surface area contributed by atoms with Crippen molar-refractivity contribution >= 4 is 28.2 Å². The van der Waals surface area contributed by atoms with Crippen molar-refractivity contribution in [1.82, 2.24) is 4.98 Å². The number of nitrogens with one attached hydrogen (secondary N) is 1. The molecule has 0 saturated carbocycles. The summed E-state index contributed by atoms with van der Waals surface area (Å²) >= 11 is 1.24. The van der Waals surface area contributed by atoms with Crippen molar-refractivity contribution < 1.29 is 13.9 Å². The number of hydrogen-bond acceptors (Lipinski definition) is 5. The summed E-state index contributed by atoms with van der Waals surface area (Å²) in [6.45, 7) is 5.29. The highest BCUT2D eigenvalue weighted by molar-refractivity contribution is 7.13. The molecule has 2 aromatic rings. The SMILES string of the molecule is CC(C)(C)OC(=O)Nc1ccc(F)cc1-c1csc(N)n1. The van der Waals surface area contributed by atoms with Gasteiger partial charge < -0.3 is 10.5 Å². The predicted molar refractivity (Wildman–Crippen MR) is 81.8 cm³/mol. The first-order valence-electron chi connectivity index (χ1n) is 6.25. The number of thiazole rings is 1. The number of ether oxygens (including phenoxy) is 1. The molecule has 0 aliphatic carbocycles. The number of anilines is 2. The van der Waals surface area contributed by atoms with Gasteiger partial charge in [0.1, 0.15) is 11.4 Å². The largest absolute Gasteiger partial charge is 0.444 e. The van der Waals surface area contributed by atoms with Crippen LogP contribution in [0.15, 0.2) is 23.6 Å². The van der Waals surface area contributed by atoms with E-state index < -0.39 is 17.5 Å². The van der Waals surface area contributed by atoms with Gasteiger partial charge in [-0.1, -0.05) is 0 Å². The first-order valence-corrected chi connectivity index (χ1v) is 7.13. The van der Waals surface area contributed by atoms with Crippen LogP contribution in [0.5, 0.6) is 0 Å². The van der Waals surface area contributed by atoms with E-state index in [4.69, 9.17) is 10.5 Å². The molecule has 0 unspecified atom stereocenters. The molecule has 21 heavy (non-hydrogen) atoms. The second-order valence-corrected chi connectivity index (χ2v) is 6.28. The number of nitrogens with two attached hydrogens (primary N) is 1. The molecular weight excluding hydrogens is 293 g/mol. The van der Waals surface area contributed by atoms with Crippen LogP contribution in [0.1, 0.15) is 20.8 Å². The molecule has 5 nitrogen and oxygen atoms in total. The zero-order valence-electron chi connectivity index (χ0n) is 11.9. The summed E-state index contributed by atoms with van der Waals surface area (Å²) in [6.07, 6.45) is -0.612. The van der Waals surface area contributed by atoms with Crippen LogP contribution in [-0.4, -0.2) is 16.7 Å². The fourth-order valence-electron chi connectivity index (χ4n) is 1.66. The second-order valence-electron chi connectivity index (χ2n) is 5.39. The van der Waals surface area contributed by atoms with Gasteiger partial charge in [0, 0.05) is 10.9 Å². The summed E-state index contributed by atoms with van der Waals surface area (Å²) < 4.78 is 18.6. The molecule has 0 saturated heterocycles. The molecule has 1 aromatic heterocycles. The molecule has 2 rings (SSSR count). The molecule has 0 radical (unpaired) electrons. The van der Waals surface area contributed by atoms with Gasteiger partial charge in [-0.2, -0.15) is 0 Å². The van der Waals surface area contributed by atoms with Gasteiger partial charge in [-0.25, -0.2) is 14.2 Å². The smallest absolute Gasteiger partial charge is 0.412 e. The van der Waals surface area contributed by atoms with E-state index in [0.717, 1.165) is 0 Å². The van der Waals surface area contributed by atoms with Gasteiger partial charge in [0.2, 0.25) is 0 Å². The summed E-state index contributed by atoms with van der Waals surface area (Å²) in [5.41, 5.74) is 6.34. The number of amides is 1. The van der Waals surface area contributed by atoms with Crippen molar-refractivity contribution in [1.29, 1.82) is 0 Å². The van der Waals surface area contributed by atoms with Gasteiger partial charge in [-0.05, 0) is 39.0 Å². The van der Waals surface area contributed by atoms with Crippen LogP contribution in [0.25, 0.3) is 11.3 Å². The third-order valence-electron chi connectivity index (χ3n) is 2.42. The first-order chi connectivity index (χ1) is 9.74. The summed E-state index contributed by atoms with van der Waals surface area (Å²) in [7, 11) is 0. The summed E-state index contributed by atoms with van der Waals surface area (Å²) in [6, 6.07) is 4.01. The number of nitrogens with zero attached hydrogens (tertiary/aromatic N) is 1. The van der Waals surface area contributed by atoms with Gasteiger partial charge >= 0.3 is 6.09 Å².